The van der Waals surface area contributed by atoms with Crippen molar-refractivity contribution in [1.82, 2.24) is 4.90 Å². The zero-order valence-corrected chi connectivity index (χ0v) is 12.7. The molecule has 0 bridgehead atoms. The second-order valence-electron chi connectivity index (χ2n) is 4.51. The molecule has 2 N–H and O–H groups in total. The number of rotatable bonds is 3. The van der Waals surface area contributed by atoms with E-state index in [1.54, 1.807) is 7.11 Å². The van der Waals surface area contributed by atoms with Gasteiger partial charge in [-0.2, -0.15) is 0 Å². The number of ether oxygens (including phenoxy) is 2. The highest BCUT2D eigenvalue weighted by Gasteiger charge is 2.36. The molecule has 0 unspecified atom stereocenters. The van der Waals surface area contributed by atoms with E-state index in [1.165, 1.54) is 6.42 Å². The normalized spacial score (nSPS) is 23.8. The number of halogens is 1. The highest BCUT2D eigenvalue weighted by molar-refractivity contribution is 14.0. The van der Waals surface area contributed by atoms with Crippen LogP contribution >= 0.6 is 24.0 Å². The first-order valence-corrected chi connectivity index (χ1v) is 5.93. The Morgan fingerprint density at radius 1 is 1.41 bits per heavy atom. The molecule has 1 aliphatic carbocycles. The molecule has 1 aliphatic heterocycles. The monoisotopic (exact) mass is 355 g/mol. The van der Waals surface area contributed by atoms with Crippen LogP contribution < -0.4 is 5.73 Å². The van der Waals surface area contributed by atoms with Gasteiger partial charge in [-0.15, -0.1) is 24.0 Å². The smallest absolute Gasteiger partial charge is 0.191 e. The zero-order chi connectivity index (χ0) is 11.4. The van der Waals surface area contributed by atoms with E-state index in [-0.39, 0.29) is 29.6 Å². The molecule has 17 heavy (non-hydrogen) atoms. The van der Waals surface area contributed by atoms with Crippen molar-refractivity contribution >= 4 is 29.9 Å². The van der Waals surface area contributed by atoms with Crippen LogP contribution in [0.5, 0.6) is 0 Å². The predicted octanol–water partition coefficient (Wildman–Crippen LogP) is 0.820. The summed E-state index contributed by atoms with van der Waals surface area (Å²) in [6.45, 7) is 3.86. The minimum Gasteiger partial charge on any atom is -0.378 e. The Labute approximate surface area is 120 Å². The molecule has 100 valence electrons. The van der Waals surface area contributed by atoms with Crippen molar-refractivity contribution in [2.24, 2.45) is 10.7 Å². The molecule has 0 amide bonds. The number of hydrogen-bond donors (Lipinski definition) is 1. The lowest BCUT2D eigenvalue weighted by molar-refractivity contribution is -0.0631. The Kier molecular flexibility index (Phi) is 5.94. The van der Waals surface area contributed by atoms with Crippen LogP contribution in [0.4, 0.5) is 0 Å². The predicted molar refractivity (Wildman–Crippen MR) is 77.9 cm³/mol. The Morgan fingerprint density at radius 3 is 2.53 bits per heavy atom. The molecule has 0 atom stereocenters. The molecule has 0 spiro atoms. The molecule has 2 rings (SSSR count). The number of methoxy groups -OCH3 is 1. The van der Waals surface area contributed by atoms with Crippen molar-refractivity contribution in [2.45, 2.75) is 24.9 Å². The molecule has 0 radical (unpaired) electrons. The lowest BCUT2D eigenvalue weighted by Gasteiger charge is -2.39. The molecular weight excluding hydrogens is 333 g/mol. The van der Waals surface area contributed by atoms with Gasteiger partial charge in [0, 0.05) is 20.2 Å². The summed E-state index contributed by atoms with van der Waals surface area (Å²) in [7, 11) is 1.76. The van der Waals surface area contributed by atoms with Crippen LogP contribution in [-0.2, 0) is 9.47 Å². The third-order valence-electron chi connectivity index (χ3n) is 3.56. The molecule has 2 aliphatic rings. The van der Waals surface area contributed by atoms with Crippen molar-refractivity contribution < 1.29 is 9.47 Å². The Morgan fingerprint density at radius 2 is 2.06 bits per heavy atom. The molecule has 1 heterocycles. The van der Waals surface area contributed by atoms with Crippen LogP contribution in [0.3, 0.4) is 0 Å². The summed E-state index contributed by atoms with van der Waals surface area (Å²) in [5.41, 5.74) is 5.92. The van der Waals surface area contributed by atoms with Gasteiger partial charge in [0.05, 0.1) is 25.4 Å². The van der Waals surface area contributed by atoms with Crippen molar-refractivity contribution in [3.05, 3.63) is 0 Å². The maximum Gasteiger partial charge on any atom is 0.191 e. The number of aliphatic imine (C=N–C) groups is 1. The second kappa shape index (κ2) is 6.75. The highest BCUT2D eigenvalue weighted by Crippen LogP contribution is 2.35. The number of guanidine groups is 1. The molecular formula is C11H22IN3O2. The van der Waals surface area contributed by atoms with Gasteiger partial charge >= 0.3 is 0 Å². The van der Waals surface area contributed by atoms with Crippen LogP contribution in [0.1, 0.15) is 19.3 Å². The van der Waals surface area contributed by atoms with E-state index in [0.29, 0.717) is 12.5 Å². The molecule has 0 aromatic rings. The molecule has 1 saturated carbocycles. The van der Waals surface area contributed by atoms with Crippen molar-refractivity contribution in [3.8, 4) is 0 Å². The standard InChI is InChI=1S/C11H21N3O2.HI/c1-15-11(3-2-4-11)9-13-10(12)14-5-7-16-8-6-14;/h2-9H2,1H3,(H2,12,13);1H. The maximum atomic E-state index is 5.95. The number of morpholine rings is 1. The molecule has 1 saturated heterocycles. The van der Waals surface area contributed by atoms with Crippen molar-refractivity contribution in [1.29, 1.82) is 0 Å². The van der Waals surface area contributed by atoms with Crippen molar-refractivity contribution in [3.63, 3.8) is 0 Å². The van der Waals surface area contributed by atoms with Gasteiger partial charge in [-0.05, 0) is 19.3 Å². The number of nitrogens with two attached hydrogens (primary N) is 1. The molecule has 5 nitrogen and oxygen atoms in total. The van der Waals surface area contributed by atoms with Crippen molar-refractivity contribution in [2.75, 3.05) is 40.0 Å². The number of nitrogens with zero attached hydrogens (tertiary/aromatic N) is 2. The fourth-order valence-electron chi connectivity index (χ4n) is 2.12. The molecule has 0 aromatic carbocycles. The summed E-state index contributed by atoms with van der Waals surface area (Å²) in [6.07, 6.45) is 3.44. The summed E-state index contributed by atoms with van der Waals surface area (Å²) in [5.74, 6) is 0.631. The third-order valence-corrected chi connectivity index (χ3v) is 3.56. The largest absolute Gasteiger partial charge is 0.378 e. The van der Waals surface area contributed by atoms with E-state index in [0.717, 1.165) is 39.1 Å². The van der Waals surface area contributed by atoms with Gasteiger partial charge in [0.1, 0.15) is 0 Å². The van der Waals surface area contributed by atoms with E-state index in [4.69, 9.17) is 15.2 Å². The summed E-state index contributed by atoms with van der Waals surface area (Å²) < 4.78 is 10.8. The van der Waals surface area contributed by atoms with Gasteiger partial charge in [-0.1, -0.05) is 0 Å². The van der Waals surface area contributed by atoms with Gasteiger partial charge in [0.15, 0.2) is 5.96 Å². The van der Waals surface area contributed by atoms with E-state index in [9.17, 15) is 0 Å². The van der Waals surface area contributed by atoms with Crippen LogP contribution in [0.25, 0.3) is 0 Å². The van der Waals surface area contributed by atoms with Crippen LogP contribution in [0.2, 0.25) is 0 Å². The fourth-order valence-corrected chi connectivity index (χ4v) is 2.12. The van der Waals surface area contributed by atoms with E-state index in [1.807, 2.05) is 0 Å². The first-order chi connectivity index (χ1) is 7.76. The Hall–Kier alpha value is -0.0800. The van der Waals surface area contributed by atoms with E-state index in [2.05, 4.69) is 9.89 Å². The minimum absolute atomic E-state index is 0. The molecule has 2 fully saturated rings. The average molecular weight is 355 g/mol. The lowest BCUT2D eigenvalue weighted by Crippen LogP contribution is -2.47. The van der Waals surface area contributed by atoms with Crippen LogP contribution in [0.15, 0.2) is 4.99 Å². The van der Waals surface area contributed by atoms with Gasteiger partial charge in [0.25, 0.3) is 0 Å². The summed E-state index contributed by atoms with van der Waals surface area (Å²) in [6, 6.07) is 0. The summed E-state index contributed by atoms with van der Waals surface area (Å²) >= 11 is 0. The van der Waals surface area contributed by atoms with Gasteiger partial charge in [-0.3, -0.25) is 4.99 Å². The average Bonchev–Trinajstić information content (AvgIpc) is 2.29. The summed E-state index contributed by atoms with van der Waals surface area (Å²) in [5, 5.41) is 0. The Bertz CT molecular complexity index is 258. The topological polar surface area (TPSA) is 60.1 Å². The maximum absolute atomic E-state index is 5.95. The first-order valence-electron chi connectivity index (χ1n) is 5.93. The minimum atomic E-state index is -0.0308. The zero-order valence-electron chi connectivity index (χ0n) is 10.4. The fraction of sp³-hybridized carbons (Fsp3) is 0.909. The van der Waals surface area contributed by atoms with Gasteiger partial charge in [-0.25, -0.2) is 0 Å². The molecule has 6 heteroatoms. The van der Waals surface area contributed by atoms with Crippen LogP contribution in [0, 0.1) is 0 Å². The SMILES string of the molecule is COC1(CN=C(N)N2CCOCC2)CCC1.I. The lowest BCUT2D eigenvalue weighted by atomic mass is 9.80. The van der Waals surface area contributed by atoms with Gasteiger partial charge < -0.3 is 20.1 Å². The second-order valence-corrected chi connectivity index (χ2v) is 4.51. The first kappa shape index (κ1) is 15.0. The Balaban J connectivity index is 0.00000144. The highest BCUT2D eigenvalue weighted by atomic mass is 127. The van der Waals surface area contributed by atoms with E-state index >= 15 is 0 Å². The summed E-state index contributed by atoms with van der Waals surface area (Å²) in [4.78, 5) is 6.53. The van der Waals surface area contributed by atoms with Crippen LogP contribution in [-0.4, -0.2) is 56.4 Å². The quantitative estimate of drug-likeness (QED) is 0.463. The number of hydrogen-bond acceptors (Lipinski definition) is 3. The van der Waals surface area contributed by atoms with E-state index < -0.39 is 0 Å². The van der Waals surface area contributed by atoms with Gasteiger partial charge in [0.2, 0.25) is 0 Å². The molecule has 0 aromatic heterocycles. The third kappa shape index (κ3) is 3.69.